The van der Waals surface area contributed by atoms with Crippen molar-refractivity contribution in [3.8, 4) is 11.3 Å². The molecule has 0 spiro atoms. The Balaban J connectivity index is 2.46. The molecule has 2 rings (SSSR count). The molecule has 0 bridgehead atoms. The van der Waals surface area contributed by atoms with Gasteiger partial charge in [-0.25, -0.2) is 0 Å². The average Bonchev–Trinajstić information content (AvgIpc) is 2.69. The first-order chi connectivity index (χ1) is 7.48. The second kappa shape index (κ2) is 3.99. The van der Waals surface area contributed by atoms with Crippen molar-refractivity contribution in [2.45, 2.75) is 26.2 Å². The van der Waals surface area contributed by atoms with E-state index in [1.165, 1.54) is 5.56 Å². The van der Waals surface area contributed by atoms with E-state index < -0.39 is 0 Å². The van der Waals surface area contributed by atoms with Crippen LogP contribution in [-0.2, 0) is 5.41 Å². The summed E-state index contributed by atoms with van der Waals surface area (Å²) in [7, 11) is 0. The molecule has 84 valence electrons. The molecule has 1 heterocycles. The highest BCUT2D eigenvalue weighted by atomic mass is 35.5. The third-order valence-corrected chi connectivity index (χ3v) is 2.93. The summed E-state index contributed by atoms with van der Waals surface area (Å²) in [4.78, 5) is 0. The Hall–Kier alpha value is -1.21. The zero-order valence-corrected chi connectivity index (χ0v) is 10.5. The molecule has 0 unspecified atom stereocenters. The van der Waals surface area contributed by atoms with E-state index in [1.54, 1.807) is 6.26 Å². The average molecular weight is 235 g/mol. The van der Waals surface area contributed by atoms with Gasteiger partial charge in [0.05, 0.1) is 11.3 Å². The molecule has 0 N–H and O–H groups in total. The molecule has 16 heavy (non-hydrogen) atoms. The SMILES string of the molecule is CC(C)(C)c1ccc(-c2ccco2)c(Cl)c1. The van der Waals surface area contributed by atoms with Gasteiger partial charge < -0.3 is 4.42 Å². The van der Waals surface area contributed by atoms with E-state index in [0.717, 1.165) is 16.3 Å². The predicted octanol–water partition coefficient (Wildman–Crippen LogP) is 4.90. The molecule has 1 aromatic heterocycles. The van der Waals surface area contributed by atoms with Gasteiger partial charge in [0, 0.05) is 5.56 Å². The summed E-state index contributed by atoms with van der Waals surface area (Å²) in [6.07, 6.45) is 1.66. The van der Waals surface area contributed by atoms with Crippen LogP contribution >= 0.6 is 11.6 Å². The van der Waals surface area contributed by atoms with Crippen LogP contribution in [0.1, 0.15) is 26.3 Å². The van der Waals surface area contributed by atoms with Crippen LogP contribution in [0.15, 0.2) is 41.0 Å². The van der Waals surface area contributed by atoms with Crippen molar-refractivity contribution < 1.29 is 4.42 Å². The summed E-state index contributed by atoms with van der Waals surface area (Å²) < 4.78 is 5.34. The zero-order valence-electron chi connectivity index (χ0n) is 9.75. The molecule has 0 fully saturated rings. The molecular weight excluding hydrogens is 220 g/mol. The van der Waals surface area contributed by atoms with Crippen LogP contribution in [0.4, 0.5) is 0 Å². The van der Waals surface area contributed by atoms with Crippen LogP contribution in [0.2, 0.25) is 5.02 Å². The molecule has 1 aromatic carbocycles. The molecule has 0 aliphatic heterocycles. The molecule has 2 heteroatoms. The second-order valence-corrected chi connectivity index (χ2v) is 5.33. The van der Waals surface area contributed by atoms with Crippen molar-refractivity contribution in [3.63, 3.8) is 0 Å². The molecule has 2 aromatic rings. The lowest BCUT2D eigenvalue weighted by molar-refractivity contribution is 0.580. The largest absolute Gasteiger partial charge is 0.464 e. The molecule has 0 radical (unpaired) electrons. The van der Waals surface area contributed by atoms with E-state index in [9.17, 15) is 0 Å². The Bertz CT molecular complexity index is 478. The van der Waals surface area contributed by atoms with E-state index in [1.807, 2.05) is 24.3 Å². The van der Waals surface area contributed by atoms with Gasteiger partial charge in [0.25, 0.3) is 0 Å². The van der Waals surface area contributed by atoms with Crippen molar-refractivity contribution >= 4 is 11.6 Å². The number of furan rings is 1. The van der Waals surface area contributed by atoms with Gasteiger partial charge in [0.1, 0.15) is 5.76 Å². The third kappa shape index (κ3) is 2.14. The van der Waals surface area contributed by atoms with Gasteiger partial charge >= 0.3 is 0 Å². The van der Waals surface area contributed by atoms with Crippen molar-refractivity contribution in [1.29, 1.82) is 0 Å². The van der Waals surface area contributed by atoms with Gasteiger partial charge in [-0.1, -0.05) is 38.4 Å². The van der Waals surface area contributed by atoms with Crippen LogP contribution in [0.3, 0.4) is 0 Å². The maximum Gasteiger partial charge on any atom is 0.135 e. The van der Waals surface area contributed by atoms with E-state index in [-0.39, 0.29) is 5.41 Å². The molecule has 0 saturated carbocycles. The van der Waals surface area contributed by atoms with E-state index in [0.29, 0.717) is 0 Å². The molecule has 1 nitrogen and oxygen atoms in total. The first-order valence-corrected chi connectivity index (χ1v) is 5.70. The van der Waals surface area contributed by atoms with Gasteiger partial charge in [0.15, 0.2) is 0 Å². The topological polar surface area (TPSA) is 13.1 Å². The van der Waals surface area contributed by atoms with Crippen molar-refractivity contribution in [2.24, 2.45) is 0 Å². The summed E-state index contributed by atoms with van der Waals surface area (Å²) in [6.45, 7) is 6.52. The molecular formula is C14H15ClO. The van der Waals surface area contributed by atoms with Crippen LogP contribution in [0.25, 0.3) is 11.3 Å². The van der Waals surface area contributed by atoms with Gasteiger partial charge in [0.2, 0.25) is 0 Å². The normalized spacial score (nSPS) is 11.8. The highest BCUT2D eigenvalue weighted by Crippen LogP contribution is 2.32. The third-order valence-electron chi connectivity index (χ3n) is 2.62. The fourth-order valence-electron chi connectivity index (χ4n) is 1.61. The summed E-state index contributed by atoms with van der Waals surface area (Å²) in [5.41, 5.74) is 2.29. The molecule has 0 saturated heterocycles. The Morgan fingerprint density at radius 2 is 1.88 bits per heavy atom. The number of hydrogen-bond donors (Lipinski definition) is 0. The van der Waals surface area contributed by atoms with E-state index in [2.05, 4.69) is 26.8 Å². The summed E-state index contributed by atoms with van der Waals surface area (Å²) in [5.74, 6) is 0.811. The minimum absolute atomic E-state index is 0.116. The number of rotatable bonds is 1. The zero-order chi connectivity index (χ0) is 11.8. The van der Waals surface area contributed by atoms with Crippen molar-refractivity contribution in [3.05, 3.63) is 47.2 Å². The van der Waals surface area contributed by atoms with Crippen molar-refractivity contribution in [1.82, 2.24) is 0 Å². The van der Waals surface area contributed by atoms with Crippen LogP contribution in [0.5, 0.6) is 0 Å². The van der Waals surface area contributed by atoms with E-state index >= 15 is 0 Å². The quantitative estimate of drug-likeness (QED) is 0.684. The summed E-state index contributed by atoms with van der Waals surface area (Å²) in [5, 5.41) is 0.738. The summed E-state index contributed by atoms with van der Waals surface area (Å²) in [6, 6.07) is 9.91. The Morgan fingerprint density at radius 3 is 2.38 bits per heavy atom. The molecule has 0 aliphatic carbocycles. The molecule has 0 aliphatic rings. The lowest BCUT2D eigenvalue weighted by atomic mass is 9.86. The first-order valence-electron chi connectivity index (χ1n) is 5.32. The number of benzene rings is 1. The first kappa shape index (κ1) is 11.3. The smallest absolute Gasteiger partial charge is 0.135 e. The second-order valence-electron chi connectivity index (χ2n) is 4.92. The lowest BCUT2D eigenvalue weighted by Gasteiger charge is -2.19. The number of halogens is 1. The fraction of sp³-hybridized carbons (Fsp3) is 0.286. The number of hydrogen-bond acceptors (Lipinski definition) is 1. The fourth-order valence-corrected chi connectivity index (χ4v) is 1.89. The van der Waals surface area contributed by atoms with Crippen LogP contribution < -0.4 is 0 Å². The monoisotopic (exact) mass is 234 g/mol. The van der Waals surface area contributed by atoms with Gasteiger partial charge in [-0.05, 0) is 35.2 Å². The van der Waals surface area contributed by atoms with Crippen LogP contribution in [0, 0.1) is 0 Å². The van der Waals surface area contributed by atoms with E-state index in [4.69, 9.17) is 16.0 Å². The maximum atomic E-state index is 6.27. The standard InChI is InChI=1S/C14H15ClO/c1-14(2,3)10-6-7-11(12(15)9-10)13-5-4-8-16-13/h4-9H,1-3H3. The van der Waals surface area contributed by atoms with Crippen LogP contribution in [-0.4, -0.2) is 0 Å². The highest BCUT2D eigenvalue weighted by molar-refractivity contribution is 6.33. The molecule has 0 amide bonds. The maximum absolute atomic E-state index is 6.27. The minimum atomic E-state index is 0.116. The lowest BCUT2D eigenvalue weighted by Crippen LogP contribution is -2.10. The predicted molar refractivity (Wildman–Crippen MR) is 67.9 cm³/mol. The Labute approximate surface area is 101 Å². The van der Waals surface area contributed by atoms with Gasteiger partial charge in [-0.15, -0.1) is 0 Å². The minimum Gasteiger partial charge on any atom is -0.464 e. The Morgan fingerprint density at radius 1 is 1.12 bits per heavy atom. The van der Waals surface area contributed by atoms with Gasteiger partial charge in [-0.3, -0.25) is 0 Å². The summed E-state index contributed by atoms with van der Waals surface area (Å²) >= 11 is 6.27. The van der Waals surface area contributed by atoms with Gasteiger partial charge in [-0.2, -0.15) is 0 Å². The molecule has 0 atom stereocenters. The highest BCUT2D eigenvalue weighted by Gasteiger charge is 2.15. The Kier molecular flexibility index (Phi) is 2.81. The van der Waals surface area contributed by atoms with Crippen molar-refractivity contribution in [2.75, 3.05) is 0 Å².